The summed E-state index contributed by atoms with van der Waals surface area (Å²) in [5, 5.41) is 11.8. The lowest BCUT2D eigenvalue weighted by atomic mass is 10.0. The summed E-state index contributed by atoms with van der Waals surface area (Å²) in [6.45, 7) is 0. The minimum absolute atomic E-state index is 0.262. The molecule has 1 amide bonds. The number of hydrogen-bond acceptors (Lipinski definition) is 10. The van der Waals surface area contributed by atoms with Crippen molar-refractivity contribution in [2.45, 2.75) is 21.5 Å². The Morgan fingerprint density at radius 1 is 1.19 bits per heavy atom. The molecule has 2 aromatic carbocycles. The minimum Gasteiger partial charge on any atom is -0.448 e. The Morgan fingerprint density at radius 2 is 1.83 bits per heavy atom. The summed E-state index contributed by atoms with van der Waals surface area (Å²) in [6, 6.07) is 19.1. The number of β-lactam (4-membered cyclic amide) rings is 1. The van der Waals surface area contributed by atoms with Crippen LogP contribution in [-0.2, 0) is 21.4 Å². The Hall–Kier alpha value is -2.80. The molecule has 0 bridgehead atoms. The molecule has 0 spiro atoms. The van der Waals surface area contributed by atoms with Crippen molar-refractivity contribution in [3.63, 3.8) is 0 Å². The summed E-state index contributed by atoms with van der Waals surface area (Å²) in [4.78, 5) is 27.5. The second-order valence-corrected chi connectivity index (χ2v) is 11.4. The fourth-order valence-electron chi connectivity index (χ4n) is 4.14. The highest BCUT2D eigenvalue weighted by Crippen LogP contribution is 2.50. The van der Waals surface area contributed by atoms with Crippen molar-refractivity contribution < 1.29 is 14.3 Å². The van der Waals surface area contributed by atoms with Crippen LogP contribution in [0.25, 0.3) is 0 Å². The van der Waals surface area contributed by atoms with Gasteiger partial charge in [0, 0.05) is 18.6 Å². The number of fused-ring (bicyclic) bond motifs is 1. The summed E-state index contributed by atoms with van der Waals surface area (Å²) in [5.74, 6) is 0.123. The second kappa shape index (κ2) is 10.3. The summed E-state index contributed by atoms with van der Waals surface area (Å²) in [5.41, 5.74) is 9.13. The average molecular weight is 541 g/mol. The van der Waals surface area contributed by atoms with Gasteiger partial charge in [0.2, 0.25) is 5.16 Å². The zero-order valence-corrected chi connectivity index (χ0v) is 22.1. The number of aryl methyl sites for hydroxylation is 1. The van der Waals surface area contributed by atoms with E-state index in [1.54, 1.807) is 23.5 Å². The molecule has 0 saturated carbocycles. The van der Waals surface area contributed by atoms with Gasteiger partial charge in [-0.25, -0.2) is 9.48 Å². The topological polar surface area (TPSA) is 116 Å². The maximum absolute atomic E-state index is 13.8. The molecular weight excluding hydrogens is 517 g/mol. The fourth-order valence-corrected chi connectivity index (χ4v) is 7.50. The molecule has 2 N–H and O–H groups in total. The number of ether oxygens (including phenoxy) is 1. The number of hydrogen-bond donors (Lipinski definition) is 1. The van der Waals surface area contributed by atoms with Crippen LogP contribution in [-0.4, -0.2) is 65.0 Å². The van der Waals surface area contributed by atoms with E-state index in [2.05, 4.69) is 15.5 Å². The first-order chi connectivity index (χ1) is 17.4. The Kier molecular flexibility index (Phi) is 7.11. The molecule has 1 fully saturated rings. The highest BCUT2D eigenvalue weighted by molar-refractivity contribution is 8.05. The molecule has 0 aliphatic carbocycles. The third-order valence-corrected chi connectivity index (χ3v) is 9.80. The van der Waals surface area contributed by atoms with Gasteiger partial charge in [0.1, 0.15) is 11.1 Å². The van der Waals surface area contributed by atoms with E-state index in [1.165, 1.54) is 28.4 Å². The zero-order chi connectivity index (χ0) is 25.3. The molecule has 1 aromatic heterocycles. The Balaban J connectivity index is 1.50. The average Bonchev–Trinajstić information content (AvgIpc) is 3.34. The van der Waals surface area contributed by atoms with Gasteiger partial charge in [-0.1, -0.05) is 72.4 Å². The Morgan fingerprint density at radius 3 is 2.39 bits per heavy atom. The number of rotatable bonds is 8. The van der Waals surface area contributed by atoms with E-state index in [1.807, 2.05) is 66.9 Å². The van der Waals surface area contributed by atoms with Crippen LogP contribution in [0, 0.1) is 0 Å². The summed E-state index contributed by atoms with van der Waals surface area (Å²) in [6.07, 6.45) is 1.18. The van der Waals surface area contributed by atoms with E-state index in [0.29, 0.717) is 16.7 Å². The lowest BCUT2D eigenvalue weighted by Gasteiger charge is -2.54. The smallest absolute Gasteiger partial charge is 0.356 e. The van der Waals surface area contributed by atoms with Crippen LogP contribution in [0.4, 0.5) is 0 Å². The van der Waals surface area contributed by atoms with Gasteiger partial charge in [-0.2, -0.15) is 0 Å². The number of aromatic nitrogens is 4. The van der Waals surface area contributed by atoms with Crippen molar-refractivity contribution in [3.05, 3.63) is 83.1 Å². The quantitative estimate of drug-likeness (QED) is 0.198. The van der Waals surface area contributed by atoms with Crippen LogP contribution in [0.5, 0.6) is 0 Å². The molecular formula is C24H24N6O3S3. The van der Waals surface area contributed by atoms with Gasteiger partial charge in [-0.3, -0.25) is 9.69 Å². The molecule has 0 radical (unpaired) electrons. The van der Waals surface area contributed by atoms with Gasteiger partial charge < -0.3 is 10.5 Å². The standard InChI is InChI=1S/C24H24N6O3S3/c1-29-23(26-27-28-29)36-14-17-13-35-22-24(25,34-2)21(32)30(22)18(17)20(31)33-19(15-9-5-3-6-10-15)16-11-7-4-8-12-16/h3-12,19,22H,13-14,25H2,1-2H3/t22-,24-/m1/s1. The number of nitrogens with zero attached hydrogens (tertiary/aromatic N) is 5. The van der Waals surface area contributed by atoms with Crippen molar-refractivity contribution in [2.24, 2.45) is 12.8 Å². The van der Waals surface area contributed by atoms with Crippen LogP contribution in [0.2, 0.25) is 0 Å². The van der Waals surface area contributed by atoms with Gasteiger partial charge in [-0.15, -0.1) is 28.6 Å². The molecule has 2 atom stereocenters. The number of thioether (sulfide) groups is 3. The largest absolute Gasteiger partial charge is 0.448 e. The van der Waals surface area contributed by atoms with Gasteiger partial charge in [0.05, 0.1) is 0 Å². The maximum Gasteiger partial charge on any atom is 0.356 e. The molecule has 9 nitrogen and oxygen atoms in total. The minimum atomic E-state index is -1.07. The van der Waals surface area contributed by atoms with Gasteiger partial charge in [0.25, 0.3) is 5.91 Å². The van der Waals surface area contributed by atoms with Crippen molar-refractivity contribution in [2.75, 3.05) is 17.8 Å². The van der Waals surface area contributed by atoms with E-state index >= 15 is 0 Å². The molecule has 0 unspecified atom stereocenters. The van der Waals surface area contributed by atoms with Crippen molar-refractivity contribution in [1.82, 2.24) is 25.1 Å². The van der Waals surface area contributed by atoms with Crippen molar-refractivity contribution in [3.8, 4) is 0 Å². The third-order valence-electron chi connectivity index (χ3n) is 6.06. The molecule has 186 valence electrons. The first-order valence-electron chi connectivity index (χ1n) is 11.1. The number of carbonyl (C=O) groups is 2. The van der Waals surface area contributed by atoms with E-state index in [4.69, 9.17) is 10.5 Å². The molecule has 36 heavy (non-hydrogen) atoms. The molecule has 12 heteroatoms. The van der Waals surface area contributed by atoms with E-state index in [-0.39, 0.29) is 17.0 Å². The van der Waals surface area contributed by atoms with Crippen LogP contribution in [0.15, 0.2) is 77.1 Å². The van der Waals surface area contributed by atoms with E-state index in [9.17, 15) is 9.59 Å². The summed E-state index contributed by atoms with van der Waals surface area (Å²) < 4.78 is 7.72. The summed E-state index contributed by atoms with van der Waals surface area (Å²) in [7, 11) is 1.75. The monoisotopic (exact) mass is 540 g/mol. The van der Waals surface area contributed by atoms with Crippen LogP contribution < -0.4 is 5.73 Å². The molecule has 1 saturated heterocycles. The van der Waals surface area contributed by atoms with Crippen LogP contribution >= 0.6 is 35.3 Å². The molecule has 2 aliphatic rings. The lowest BCUT2D eigenvalue weighted by Crippen LogP contribution is -2.76. The highest BCUT2D eigenvalue weighted by Gasteiger charge is 2.62. The van der Waals surface area contributed by atoms with Gasteiger partial charge in [-0.05, 0) is 33.4 Å². The number of esters is 1. The van der Waals surface area contributed by atoms with E-state index < -0.39 is 16.9 Å². The highest BCUT2D eigenvalue weighted by atomic mass is 32.2. The van der Waals surface area contributed by atoms with Crippen LogP contribution in [0.3, 0.4) is 0 Å². The van der Waals surface area contributed by atoms with Gasteiger partial charge in [0.15, 0.2) is 11.0 Å². The molecule has 5 rings (SSSR count). The first kappa shape index (κ1) is 24.9. The first-order valence-corrected chi connectivity index (χ1v) is 14.4. The SMILES string of the molecule is CS[C@]1(N)C(=O)N2C(C(=O)OC(c3ccccc3)c3ccccc3)=C(CSc3nnnn3C)CS[C@@H]21. The molecule has 2 aliphatic heterocycles. The van der Waals surface area contributed by atoms with Crippen molar-refractivity contribution in [1.29, 1.82) is 0 Å². The predicted octanol–water partition coefficient (Wildman–Crippen LogP) is 2.82. The number of tetrazole rings is 1. The van der Waals surface area contributed by atoms with Gasteiger partial charge >= 0.3 is 5.97 Å². The van der Waals surface area contributed by atoms with E-state index in [0.717, 1.165) is 16.7 Å². The second-order valence-electron chi connectivity index (χ2n) is 8.27. The predicted molar refractivity (Wildman–Crippen MR) is 141 cm³/mol. The fraction of sp³-hybridized carbons (Fsp3) is 0.292. The number of nitrogens with two attached hydrogens (primary N) is 1. The zero-order valence-electron chi connectivity index (χ0n) is 19.6. The Bertz CT molecular complexity index is 1260. The van der Waals surface area contributed by atoms with Crippen LogP contribution in [0.1, 0.15) is 17.2 Å². The number of carbonyl (C=O) groups excluding carboxylic acids is 2. The molecule has 3 heterocycles. The number of benzene rings is 2. The molecule has 3 aromatic rings. The number of amides is 1. The normalized spacial score (nSPS) is 21.4. The Labute approximate surface area is 221 Å². The maximum atomic E-state index is 13.8. The third kappa shape index (κ3) is 4.42. The lowest BCUT2D eigenvalue weighted by molar-refractivity contribution is -0.154. The summed E-state index contributed by atoms with van der Waals surface area (Å²) >= 11 is 4.25. The van der Waals surface area contributed by atoms with Crippen molar-refractivity contribution >= 4 is 47.2 Å².